The van der Waals surface area contributed by atoms with E-state index < -0.39 is 12.1 Å². The van der Waals surface area contributed by atoms with Crippen molar-refractivity contribution < 1.29 is 23.9 Å². The SMILES string of the molecule is CCNC(=O)[C@@H](C)OC(=O)CCN1C(=O)[C@H]2CCCC[C@H]2C1=O. The lowest BCUT2D eigenvalue weighted by atomic mass is 9.81. The average Bonchev–Trinajstić information content (AvgIpc) is 2.77. The first kappa shape index (κ1) is 17.4. The molecule has 0 aromatic rings. The molecule has 1 saturated heterocycles. The lowest BCUT2D eigenvalue weighted by molar-refractivity contribution is -0.155. The third-order valence-electron chi connectivity index (χ3n) is 4.50. The second kappa shape index (κ2) is 7.57. The largest absolute Gasteiger partial charge is 0.452 e. The van der Waals surface area contributed by atoms with Crippen LogP contribution in [0.25, 0.3) is 0 Å². The van der Waals surface area contributed by atoms with Gasteiger partial charge >= 0.3 is 5.97 Å². The first-order chi connectivity index (χ1) is 11.0. The van der Waals surface area contributed by atoms with Crippen molar-refractivity contribution in [3.05, 3.63) is 0 Å². The number of amides is 3. The standard InChI is InChI=1S/C16H24N2O5/c1-3-17-14(20)10(2)23-13(19)8-9-18-15(21)11-6-4-5-7-12(11)16(18)22/h10-12H,3-9H2,1-2H3,(H,17,20)/t10-,11-,12+/m1/s1. The van der Waals surface area contributed by atoms with E-state index in [1.165, 1.54) is 11.8 Å². The maximum Gasteiger partial charge on any atom is 0.308 e. The highest BCUT2D eigenvalue weighted by atomic mass is 16.5. The molecule has 0 radical (unpaired) electrons. The van der Waals surface area contributed by atoms with Crippen LogP contribution < -0.4 is 5.32 Å². The molecule has 0 aromatic carbocycles. The van der Waals surface area contributed by atoms with Gasteiger partial charge in [0.2, 0.25) is 11.8 Å². The number of nitrogens with zero attached hydrogens (tertiary/aromatic N) is 1. The van der Waals surface area contributed by atoms with Crippen molar-refractivity contribution in [3.8, 4) is 0 Å². The van der Waals surface area contributed by atoms with Crippen molar-refractivity contribution in [3.63, 3.8) is 0 Å². The van der Waals surface area contributed by atoms with Gasteiger partial charge in [-0.3, -0.25) is 24.1 Å². The van der Waals surface area contributed by atoms with Crippen LogP contribution in [0.2, 0.25) is 0 Å². The van der Waals surface area contributed by atoms with E-state index in [4.69, 9.17) is 4.74 Å². The van der Waals surface area contributed by atoms with Gasteiger partial charge in [0.1, 0.15) is 0 Å². The van der Waals surface area contributed by atoms with Crippen LogP contribution in [0.15, 0.2) is 0 Å². The second-order valence-electron chi connectivity index (χ2n) is 6.10. The van der Waals surface area contributed by atoms with E-state index in [9.17, 15) is 19.2 Å². The zero-order chi connectivity index (χ0) is 17.0. The smallest absolute Gasteiger partial charge is 0.308 e. The molecule has 3 amide bonds. The summed E-state index contributed by atoms with van der Waals surface area (Å²) >= 11 is 0. The molecule has 1 aliphatic carbocycles. The second-order valence-corrected chi connectivity index (χ2v) is 6.10. The van der Waals surface area contributed by atoms with E-state index in [1.807, 2.05) is 0 Å². The summed E-state index contributed by atoms with van der Waals surface area (Å²) in [5.74, 6) is -1.68. The number of carbonyl (C=O) groups is 4. The quantitative estimate of drug-likeness (QED) is 0.571. The third kappa shape index (κ3) is 3.89. The van der Waals surface area contributed by atoms with Crippen molar-refractivity contribution in [1.82, 2.24) is 10.2 Å². The van der Waals surface area contributed by atoms with Crippen LogP contribution in [0.3, 0.4) is 0 Å². The van der Waals surface area contributed by atoms with Crippen LogP contribution in [0.1, 0.15) is 46.0 Å². The van der Waals surface area contributed by atoms with Gasteiger partial charge in [-0.05, 0) is 26.7 Å². The van der Waals surface area contributed by atoms with Crippen LogP contribution in [-0.4, -0.2) is 47.8 Å². The minimum Gasteiger partial charge on any atom is -0.452 e. The van der Waals surface area contributed by atoms with Gasteiger partial charge < -0.3 is 10.1 Å². The number of ether oxygens (including phenoxy) is 1. The van der Waals surface area contributed by atoms with Gasteiger partial charge in [0, 0.05) is 13.1 Å². The Kier molecular flexibility index (Phi) is 5.74. The fourth-order valence-electron chi connectivity index (χ4n) is 3.28. The van der Waals surface area contributed by atoms with E-state index in [0.29, 0.717) is 6.54 Å². The van der Waals surface area contributed by atoms with Crippen molar-refractivity contribution in [2.75, 3.05) is 13.1 Å². The number of likely N-dealkylation sites (N-methyl/N-ethyl adjacent to an activating group) is 1. The van der Waals surface area contributed by atoms with Gasteiger partial charge in [0.25, 0.3) is 5.91 Å². The van der Waals surface area contributed by atoms with E-state index in [2.05, 4.69) is 5.32 Å². The Labute approximate surface area is 135 Å². The van der Waals surface area contributed by atoms with Gasteiger partial charge in [-0.15, -0.1) is 0 Å². The number of esters is 1. The van der Waals surface area contributed by atoms with Crippen LogP contribution in [-0.2, 0) is 23.9 Å². The Morgan fingerprint density at radius 3 is 2.30 bits per heavy atom. The van der Waals surface area contributed by atoms with Crippen LogP contribution in [0, 0.1) is 11.8 Å². The monoisotopic (exact) mass is 324 g/mol. The van der Waals surface area contributed by atoms with Crippen molar-refractivity contribution in [2.24, 2.45) is 11.8 Å². The first-order valence-corrected chi connectivity index (χ1v) is 8.28. The zero-order valence-corrected chi connectivity index (χ0v) is 13.7. The minimum absolute atomic E-state index is 0.0334. The number of imide groups is 1. The molecule has 1 aliphatic heterocycles. The summed E-state index contributed by atoms with van der Waals surface area (Å²) in [5.41, 5.74) is 0. The zero-order valence-electron chi connectivity index (χ0n) is 13.7. The van der Waals surface area contributed by atoms with Gasteiger partial charge in [0.15, 0.2) is 6.10 Å². The normalized spacial score (nSPS) is 25.0. The summed E-state index contributed by atoms with van der Waals surface area (Å²) in [7, 11) is 0. The molecule has 128 valence electrons. The molecule has 2 rings (SSSR count). The molecule has 7 heteroatoms. The maximum absolute atomic E-state index is 12.3. The number of fused-ring (bicyclic) bond motifs is 1. The van der Waals surface area contributed by atoms with E-state index >= 15 is 0 Å². The Bertz CT molecular complexity index is 481. The lowest BCUT2D eigenvalue weighted by Crippen LogP contribution is -2.37. The fraction of sp³-hybridized carbons (Fsp3) is 0.750. The molecular weight excluding hydrogens is 300 g/mol. The van der Waals surface area contributed by atoms with Crippen molar-refractivity contribution in [1.29, 1.82) is 0 Å². The summed E-state index contributed by atoms with van der Waals surface area (Å²) in [5, 5.41) is 2.56. The molecule has 1 heterocycles. The van der Waals surface area contributed by atoms with Crippen molar-refractivity contribution in [2.45, 2.75) is 52.1 Å². The van der Waals surface area contributed by atoms with Crippen molar-refractivity contribution >= 4 is 23.7 Å². The van der Waals surface area contributed by atoms with Crippen LogP contribution in [0.5, 0.6) is 0 Å². The Hall–Kier alpha value is -1.92. The highest BCUT2D eigenvalue weighted by Crippen LogP contribution is 2.37. The van der Waals surface area contributed by atoms with Gasteiger partial charge in [-0.25, -0.2) is 0 Å². The minimum atomic E-state index is -0.880. The average molecular weight is 324 g/mol. The molecule has 1 saturated carbocycles. The van der Waals surface area contributed by atoms with E-state index in [1.54, 1.807) is 6.92 Å². The lowest BCUT2D eigenvalue weighted by Gasteiger charge is -2.19. The van der Waals surface area contributed by atoms with Gasteiger partial charge in [-0.1, -0.05) is 12.8 Å². The van der Waals surface area contributed by atoms with Gasteiger partial charge in [-0.2, -0.15) is 0 Å². The molecule has 7 nitrogen and oxygen atoms in total. The number of rotatable bonds is 6. The molecular formula is C16H24N2O5. The molecule has 0 bridgehead atoms. The number of likely N-dealkylation sites (tertiary alicyclic amines) is 1. The predicted octanol–water partition coefficient (Wildman–Crippen LogP) is 0.619. The summed E-state index contributed by atoms with van der Waals surface area (Å²) in [6, 6.07) is 0. The topological polar surface area (TPSA) is 92.8 Å². The highest BCUT2D eigenvalue weighted by Gasteiger charge is 2.47. The van der Waals surface area contributed by atoms with Crippen LogP contribution >= 0.6 is 0 Å². The van der Waals surface area contributed by atoms with Gasteiger partial charge in [0.05, 0.1) is 18.3 Å². The summed E-state index contributed by atoms with van der Waals surface area (Å²) < 4.78 is 5.01. The molecule has 0 spiro atoms. The molecule has 3 atom stereocenters. The number of hydrogen-bond acceptors (Lipinski definition) is 5. The summed E-state index contributed by atoms with van der Waals surface area (Å²) in [6.07, 6.45) is 2.49. The molecule has 1 N–H and O–H groups in total. The number of carbonyl (C=O) groups excluding carboxylic acids is 4. The Balaban J connectivity index is 1.83. The first-order valence-electron chi connectivity index (χ1n) is 8.28. The Morgan fingerprint density at radius 2 is 1.78 bits per heavy atom. The van der Waals surface area contributed by atoms with E-state index in [0.717, 1.165) is 25.7 Å². The number of hydrogen-bond donors (Lipinski definition) is 1. The number of nitrogens with one attached hydrogen (secondary N) is 1. The maximum atomic E-state index is 12.3. The molecule has 2 fully saturated rings. The van der Waals surface area contributed by atoms with Crippen LogP contribution in [0.4, 0.5) is 0 Å². The molecule has 0 unspecified atom stereocenters. The summed E-state index contributed by atoms with van der Waals surface area (Å²) in [6.45, 7) is 3.76. The Morgan fingerprint density at radius 1 is 1.22 bits per heavy atom. The third-order valence-corrected chi connectivity index (χ3v) is 4.50. The molecule has 2 aliphatic rings. The fourth-order valence-corrected chi connectivity index (χ4v) is 3.28. The molecule has 0 aromatic heterocycles. The van der Waals surface area contributed by atoms with E-state index in [-0.39, 0.29) is 42.5 Å². The highest BCUT2D eigenvalue weighted by molar-refractivity contribution is 6.05. The molecule has 23 heavy (non-hydrogen) atoms. The summed E-state index contributed by atoms with van der Waals surface area (Å²) in [4.78, 5) is 49.0. The predicted molar refractivity (Wildman–Crippen MR) is 81.0 cm³/mol.